The average molecular weight is 263 g/mol. The largest absolute Gasteiger partial charge is 0.496 e. The van der Waals surface area contributed by atoms with Crippen molar-refractivity contribution in [2.45, 2.75) is 37.7 Å². The van der Waals surface area contributed by atoms with E-state index in [0.717, 1.165) is 30.6 Å². The minimum atomic E-state index is -0.529. The van der Waals surface area contributed by atoms with Gasteiger partial charge in [-0.25, -0.2) is 0 Å². The first-order chi connectivity index (χ1) is 9.10. The Bertz CT molecular complexity index is 452. The number of ether oxygens (including phenoxy) is 1. The fourth-order valence-corrected chi connectivity index (χ4v) is 2.60. The van der Waals surface area contributed by atoms with E-state index in [0.29, 0.717) is 0 Å². The van der Waals surface area contributed by atoms with E-state index in [1.807, 2.05) is 24.3 Å². The minimum absolute atomic E-state index is 0.0100. The highest BCUT2D eigenvalue weighted by Crippen LogP contribution is 2.47. The van der Waals surface area contributed by atoms with Crippen molar-refractivity contribution in [1.82, 2.24) is 5.32 Å². The summed E-state index contributed by atoms with van der Waals surface area (Å²) in [4.78, 5) is 12.4. The third-order valence-corrected chi connectivity index (χ3v) is 3.82. The lowest BCUT2D eigenvalue weighted by Gasteiger charge is -2.41. The van der Waals surface area contributed by atoms with E-state index < -0.39 is 11.5 Å². The summed E-state index contributed by atoms with van der Waals surface area (Å²) >= 11 is 0. The molecule has 1 aromatic carbocycles. The van der Waals surface area contributed by atoms with Gasteiger partial charge in [0.2, 0.25) is 5.91 Å². The fraction of sp³-hybridized carbons (Fsp3) is 0.533. The normalized spacial score (nSPS) is 18.3. The number of rotatable bonds is 5. The van der Waals surface area contributed by atoms with Gasteiger partial charge in [0.25, 0.3) is 0 Å². The summed E-state index contributed by atoms with van der Waals surface area (Å²) in [6.07, 6.45) is 2.18. The van der Waals surface area contributed by atoms with E-state index in [4.69, 9.17) is 4.74 Å². The van der Waals surface area contributed by atoms with E-state index in [2.05, 4.69) is 5.32 Å². The van der Waals surface area contributed by atoms with Crippen LogP contribution in [0, 0.1) is 0 Å². The van der Waals surface area contributed by atoms with Crippen LogP contribution in [-0.2, 0) is 10.2 Å². The average Bonchev–Trinajstić information content (AvgIpc) is 2.35. The molecular weight excluding hydrogens is 242 g/mol. The van der Waals surface area contributed by atoms with Crippen LogP contribution in [0.15, 0.2) is 24.3 Å². The van der Waals surface area contributed by atoms with Crippen LogP contribution >= 0.6 is 0 Å². The highest BCUT2D eigenvalue weighted by Gasteiger charge is 2.47. The second-order valence-electron chi connectivity index (χ2n) is 5.19. The number of benzene rings is 1. The molecule has 104 valence electrons. The summed E-state index contributed by atoms with van der Waals surface area (Å²) in [7, 11) is 1.62. The summed E-state index contributed by atoms with van der Waals surface area (Å²) in [6.45, 7) is 1.95. The van der Waals surface area contributed by atoms with Gasteiger partial charge < -0.3 is 15.2 Å². The number of aliphatic hydroxyl groups excluding tert-OH is 1. The molecule has 1 aliphatic rings. The van der Waals surface area contributed by atoms with Gasteiger partial charge in [-0.05, 0) is 25.8 Å². The molecule has 1 unspecified atom stereocenters. The summed E-state index contributed by atoms with van der Waals surface area (Å²) in [5.74, 6) is 0.749. The Balaban J connectivity index is 2.24. The van der Waals surface area contributed by atoms with Crippen molar-refractivity contribution in [2.24, 2.45) is 0 Å². The molecule has 4 nitrogen and oxygen atoms in total. The summed E-state index contributed by atoms with van der Waals surface area (Å²) in [6, 6.07) is 7.68. The Morgan fingerprint density at radius 1 is 1.47 bits per heavy atom. The molecule has 0 radical (unpaired) electrons. The van der Waals surface area contributed by atoms with Gasteiger partial charge >= 0.3 is 0 Å². The van der Waals surface area contributed by atoms with Crippen LogP contribution in [0.5, 0.6) is 5.75 Å². The van der Waals surface area contributed by atoms with Crippen LogP contribution in [0.2, 0.25) is 0 Å². The lowest BCUT2D eigenvalue weighted by Crippen LogP contribution is -2.50. The Morgan fingerprint density at radius 2 is 2.16 bits per heavy atom. The van der Waals surface area contributed by atoms with E-state index in [9.17, 15) is 9.90 Å². The maximum atomic E-state index is 12.4. The zero-order chi connectivity index (χ0) is 13.9. The number of hydrogen-bond donors (Lipinski definition) is 2. The highest BCUT2D eigenvalue weighted by molar-refractivity contribution is 5.90. The smallest absolute Gasteiger partial charge is 0.230 e. The van der Waals surface area contributed by atoms with Gasteiger partial charge in [-0.3, -0.25) is 4.79 Å². The summed E-state index contributed by atoms with van der Waals surface area (Å²) in [5, 5.41) is 12.1. The van der Waals surface area contributed by atoms with Crippen molar-refractivity contribution in [3.8, 4) is 5.75 Å². The number of carbonyl (C=O) groups excluding carboxylic acids is 1. The second-order valence-corrected chi connectivity index (χ2v) is 5.19. The predicted molar refractivity (Wildman–Crippen MR) is 73.2 cm³/mol. The number of para-hydroxylation sites is 1. The lowest BCUT2D eigenvalue weighted by molar-refractivity contribution is -0.130. The predicted octanol–water partition coefficient (Wildman–Crippen LogP) is 1.61. The number of hydrogen-bond acceptors (Lipinski definition) is 3. The molecule has 2 N–H and O–H groups in total. The molecule has 2 rings (SSSR count). The molecule has 0 bridgehead atoms. The SMILES string of the molecule is COc1ccccc1C1(C(=O)NCC(C)O)CCC1. The molecule has 1 saturated carbocycles. The Hall–Kier alpha value is -1.55. The number of amides is 1. The topological polar surface area (TPSA) is 58.6 Å². The first-order valence-electron chi connectivity index (χ1n) is 6.70. The van der Waals surface area contributed by atoms with Gasteiger partial charge in [-0.1, -0.05) is 24.6 Å². The van der Waals surface area contributed by atoms with E-state index >= 15 is 0 Å². The van der Waals surface area contributed by atoms with Crippen molar-refractivity contribution >= 4 is 5.91 Å². The van der Waals surface area contributed by atoms with Gasteiger partial charge in [0, 0.05) is 12.1 Å². The second kappa shape index (κ2) is 5.61. The van der Waals surface area contributed by atoms with Crippen LogP contribution in [0.25, 0.3) is 0 Å². The molecule has 0 heterocycles. The number of carbonyl (C=O) groups is 1. The summed E-state index contributed by atoms with van der Waals surface area (Å²) in [5.41, 5.74) is 0.466. The molecule has 0 aliphatic heterocycles. The Kier molecular flexibility index (Phi) is 4.10. The maximum absolute atomic E-state index is 12.4. The van der Waals surface area contributed by atoms with Crippen LogP contribution in [-0.4, -0.2) is 30.8 Å². The quantitative estimate of drug-likeness (QED) is 0.848. The molecule has 1 aromatic rings. The van der Waals surface area contributed by atoms with Crippen molar-refractivity contribution < 1.29 is 14.6 Å². The van der Waals surface area contributed by atoms with Gasteiger partial charge in [0.15, 0.2) is 0 Å². The minimum Gasteiger partial charge on any atom is -0.496 e. The van der Waals surface area contributed by atoms with Crippen molar-refractivity contribution in [2.75, 3.05) is 13.7 Å². The van der Waals surface area contributed by atoms with Gasteiger partial charge in [-0.15, -0.1) is 0 Å². The third-order valence-electron chi connectivity index (χ3n) is 3.82. The third kappa shape index (κ3) is 2.59. The molecule has 4 heteroatoms. The standard InChI is InChI=1S/C15H21NO3/c1-11(17)10-16-14(18)15(8-5-9-15)12-6-3-4-7-13(12)19-2/h3-4,6-7,11,17H,5,8-10H2,1-2H3,(H,16,18). The van der Waals surface area contributed by atoms with Gasteiger partial charge in [0.1, 0.15) is 5.75 Å². The number of aliphatic hydroxyl groups is 1. The van der Waals surface area contributed by atoms with Crippen LogP contribution in [0.1, 0.15) is 31.7 Å². The maximum Gasteiger partial charge on any atom is 0.230 e. The first kappa shape index (κ1) is 13.9. The van der Waals surface area contributed by atoms with Crippen molar-refractivity contribution in [1.29, 1.82) is 0 Å². The molecular formula is C15H21NO3. The molecule has 1 aliphatic carbocycles. The zero-order valence-electron chi connectivity index (χ0n) is 11.5. The van der Waals surface area contributed by atoms with Crippen LogP contribution in [0.4, 0.5) is 0 Å². The first-order valence-corrected chi connectivity index (χ1v) is 6.70. The lowest BCUT2D eigenvalue weighted by atomic mass is 9.63. The van der Waals surface area contributed by atoms with Crippen LogP contribution in [0.3, 0.4) is 0 Å². The van der Waals surface area contributed by atoms with Crippen molar-refractivity contribution in [3.05, 3.63) is 29.8 Å². The molecule has 1 atom stereocenters. The highest BCUT2D eigenvalue weighted by atomic mass is 16.5. The Labute approximate surface area is 113 Å². The molecule has 0 spiro atoms. The summed E-state index contributed by atoms with van der Waals surface area (Å²) < 4.78 is 5.37. The number of methoxy groups -OCH3 is 1. The molecule has 19 heavy (non-hydrogen) atoms. The van der Waals surface area contributed by atoms with Crippen molar-refractivity contribution in [3.63, 3.8) is 0 Å². The molecule has 1 fully saturated rings. The molecule has 0 aromatic heterocycles. The Morgan fingerprint density at radius 3 is 2.68 bits per heavy atom. The number of nitrogens with one attached hydrogen (secondary N) is 1. The van der Waals surface area contributed by atoms with Crippen LogP contribution < -0.4 is 10.1 Å². The molecule has 0 saturated heterocycles. The van der Waals surface area contributed by atoms with E-state index in [-0.39, 0.29) is 12.5 Å². The van der Waals surface area contributed by atoms with E-state index in [1.54, 1.807) is 14.0 Å². The monoisotopic (exact) mass is 263 g/mol. The molecule has 1 amide bonds. The fourth-order valence-electron chi connectivity index (χ4n) is 2.60. The zero-order valence-corrected chi connectivity index (χ0v) is 11.5. The van der Waals surface area contributed by atoms with E-state index in [1.165, 1.54) is 0 Å². The van der Waals surface area contributed by atoms with Gasteiger partial charge in [-0.2, -0.15) is 0 Å². The van der Waals surface area contributed by atoms with Gasteiger partial charge in [0.05, 0.1) is 18.6 Å².